The number of aliphatic hydroxyl groups excluding tert-OH is 1. The highest BCUT2D eigenvalue weighted by molar-refractivity contribution is 6.46. The molecule has 0 spiro atoms. The zero-order valence-corrected chi connectivity index (χ0v) is 16.7. The van der Waals surface area contributed by atoms with Crippen molar-refractivity contribution >= 4 is 34.7 Å². The average Bonchev–Trinajstić information content (AvgIpc) is 3.36. The fourth-order valence-corrected chi connectivity index (χ4v) is 3.66. The molecule has 0 bridgehead atoms. The monoisotopic (exact) mass is 438 g/mol. The van der Waals surface area contributed by atoms with Gasteiger partial charge >= 0.3 is 0 Å². The van der Waals surface area contributed by atoms with Crippen LogP contribution in [0.4, 0.5) is 5.69 Å². The number of benzene rings is 2. The highest BCUT2D eigenvalue weighted by atomic mass is 35.5. The fourth-order valence-electron chi connectivity index (χ4n) is 3.53. The summed E-state index contributed by atoms with van der Waals surface area (Å²) < 4.78 is 5.31. The zero-order chi connectivity index (χ0) is 22.1. The molecule has 156 valence electrons. The number of non-ortho nitro benzene ring substituents is 1. The van der Waals surface area contributed by atoms with Gasteiger partial charge in [0.1, 0.15) is 11.5 Å². The van der Waals surface area contributed by atoms with Crippen LogP contribution in [0.2, 0.25) is 5.02 Å². The summed E-state index contributed by atoms with van der Waals surface area (Å²) in [6.45, 7) is -0.0532. The molecule has 1 amide bonds. The number of Topliss-reactive ketones (excluding diaryl/α,β-unsaturated/α-hetero) is 1. The molecule has 0 unspecified atom stereocenters. The summed E-state index contributed by atoms with van der Waals surface area (Å²) in [6.07, 6.45) is 1.43. The first-order valence-electron chi connectivity index (χ1n) is 9.18. The number of halogens is 1. The lowest BCUT2D eigenvalue weighted by molar-refractivity contribution is -0.384. The minimum atomic E-state index is -1.04. The van der Waals surface area contributed by atoms with Crippen LogP contribution in [-0.4, -0.2) is 26.6 Å². The van der Waals surface area contributed by atoms with E-state index in [1.54, 1.807) is 18.2 Å². The molecular formula is C22H15ClN2O6. The third-order valence-electron chi connectivity index (χ3n) is 4.96. The van der Waals surface area contributed by atoms with Crippen molar-refractivity contribution < 1.29 is 24.0 Å². The molecule has 0 saturated carbocycles. The van der Waals surface area contributed by atoms with Gasteiger partial charge in [0.05, 0.1) is 29.3 Å². The van der Waals surface area contributed by atoms with Gasteiger partial charge in [-0.3, -0.25) is 19.7 Å². The average molecular weight is 439 g/mol. The highest BCUT2D eigenvalue weighted by Crippen LogP contribution is 2.41. The number of nitro groups is 1. The summed E-state index contributed by atoms with van der Waals surface area (Å²) in [7, 11) is 0. The van der Waals surface area contributed by atoms with Crippen molar-refractivity contribution in [1.29, 1.82) is 0 Å². The first-order chi connectivity index (χ1) is 14.9. The molecular weight excluding hydrogens is 424 g/mol. The van der Waals surface area contributed by atoms with Crippen molar-refractivity contribution in [1.82, 2.24) is 4.90 Å². The van der Waals surface area contributed by atoms with E-state index in [1.165, 1.54) is 53.6 Å². The normalized spacial score (nSPS) is 17.8. The van der Waals surface area contributed by atoms with Gasteiger partial charge in [0.25, 0.3) is 17.4 Å². The maximum atomic E-state index is 12.9. The number of carbonyl (C=O) groups is 2. The first-order valence-corrected chi connectivity index (χ1v) is 9.55. The van der Waals surface area contributed by atoms with E-state index >= 15 is 0 Å². The molecule has 2 heterocycles. The number of carbonyl (C=O) groups excluding carboxylic acids is 2. The Morgan fingerprint density at radius 2 is 1.87 bits per heavy atom. The number of nitro benzene ring substituents is 1. The minimum Gasteiger partial charge on any atom is -0.507 e. The van der Waals surface area contributed by atoms with Crippen LogP contribution in [0.3, 0.4) is 0 Å². The summed E-state index contributed by atoms with van der Waals surface area (Å²) in [5, 5.41) is 22.6. The Hall–Kier alpha value is -3.91. The molecule has 1 aliphatic rings. The molecule has 8 nitrogen and oxygen atoms in total. The number of hydrogen-bond donors (Lipinski definition) is 1. The third-order valence-corrected chi connectivity index (χ3v) is 5.21. The second-order valence-corrected chi connectivity index (χ2v) is 7.30. The molecule has 31 heavy (non-hydrogen) atoms. The summed E-state index contributed by atoms with van der Waals surface area (Å²) in [4.78, 5) is 37.7. The van der Waals surface area contributed by atoms with Gasteiger partial charge in [-0.15, -0.1) is 0 Å². The van der Waals surface area contributed by atoms with Crippen molar-refractivity contribution in [3.8, 4) is 0 Å². The molecule has 4 rings (SSSR count). The predicted molar refractivity (Wildman–Crippen MR) is 111 cm³/mol. The molecule has 9 heteroatoms. The van der Waals surface area contributed by atoms with Crippen LogP contribution in [0.25, 0.3) is 5.76 Å². The largest absolute Gasteiger partial charge is 0.507 e. The maximum Gasteiger partial charge on any atom is 0.296 e. The second kappa shape index (κ2) is 8.08. The van der Waals surface area contributed by atoms with Crippen molar-refractivity contribution in [2.24, 2.45) is 0 Å². The Bertz CT molecular complexity index is 1200. The van der Waals surface area contributed by atoms with Gasteiger partial charge in [-0.05, 0) is 42.0 Å². The van der Waals surface area contributed by atoms with E-state index in [-0.39, 0.29) is 23.4 Å². The number of ketones is 1. The van der Waals surface area contributed by atoms with Gasteiger partial charge < -0.3 is 14.4 Å². The number of furan rings is 1. The van der Waals surface area contributed by atoms with Crippen LogP contribution >= 0.6 is 11.6 Å². The molecule has 1 aliphatic heterocycles. The Morgan fingerprint density at radius 3 is 2.52 bits per heavy atom. The number of nitrogens with zero attached hydrogens (tertiary/aromatic N) is 2. The van der Waals surface area contributed by atoms with Gasteiger partial charge in [0.2, 0.25) is 0 Å². The molecule has 0 radical (unpaired) electrons. The molecule has 1 atom stereocenters. The lowest BCUT2D eigenvalue weighted by Crippen LogP contribution is -2.29. The Morgan fingerprint density at radius 1 is 1.13 bits per heavy atom. The molecule has 1 fully saturated rings. The predicted octanol–water partition coefficient (Wildman–Crippen LogP) is 4.46. The topological polar surface area (TPSA) is 114 Å². The summed E-state index contributed by atoms with van der Waals surface area (Å²) >= 11 is 5.90. The van der Waals surface area contributed by atoms with E-state index in [4.69, 9.17) is 16.0 Å². The quantitative estimate of drug-likeness (QED) is 0.207. The number of amides is 1. The Labute approximate surface area is 181 Å². The van der Waals surface area contributed by atoms with E-state index in [9.17, 15) is 24.8 Å². The van der Waals surface area contributed by atoms with Gasteiger partial charge in [-0.1, -0.05) is 23.7 Å². The van der Waals surface area contributed by atoms with Gasteiger partial charge in [-0.25, -0.2) is 0 Å². The molecule has 1 N–H and O–H groups in total. The van der Waals surface area contributed by atoms with Crippen LogP contribution in [0.5, 0.6) is 0 Å². The van der Waals surface area contributed by atoms with Crippen molar-refractivity contribution in [3.05, 3.63) is 105 Å². The van der Waals surface area contributed by atoms with Crippen molar-refractivity contribution in [2.45, 2.75) is 12.6 Å². The smallest absolute Gasteiger partial charge is 0.296 e. The van der Waals surface area contributed by atoms with Crippen LogP contribution in [0, 0.1) is 10.1 Å². The Balaban J connectivity index is 1.89. The third kappa shape index (κ3) is 3.80. The second-order valence-electron chi connectivity index (χ2n) is 6.87. The van der Waals surface area contributed by atoms with Crippen LogP contribution in [0.1, 0.15) is 22.9 Å². The van der Waals surface area contributed by atoms with Crippen LogP contribution < -0.4 is 0 Å². The van der Waals surface area contributed by atoms with Crippen LogP contribution in [0.15, 0.2) is 76.9 Å². The highest BCUT2D eigenvalue weighted by Gasteiger charge is 2.46. The van der Waals surface area contributed by atoms with Crippen molar-refractivity contribution in [3.63, 3.8) is 0 Å². The van der Waals surface area contributed by atoms with E-state index < -0.39 is 28.4 Å². The fraction of sp³-hybridized carbons (Fsp3) is 0.0909. The summed E-state index contributed by atoms with van der Waals surface area (Å²) in [6, 6.07) is 14.0. The SMILES string of the molecule is O=C1C(=O)N(Cc2ccco2)[C@H](c2cccc([N+](=O)[O-])c2)/C1=C(\O)c1ccc(Cl)cc1. The number of hydrogen-bond acceptors (Lipinski definition) is 6. The van der Waals surface area contributed by atoms with Gasteiger partial charge in [0.15, 0.2) is 0 Å². The first kappa shape index (κ1) is 20.4. The molecule has 2 aromatic carbocycles. The number of aliphatic hydroxyl groups is 1. The van der Waals surface area contributed by atoms with Crippen molar-refractivity contribution in [2.75, 3.05) is 0 Å². The lowest BCUT2D eigenvalue weighted by Gasteiger charge is -2.24. The van der Waals surface area contributed by atoms with Crippen LogP contribution in [-0.2, 0) is 16.1 Å². The molecule has 1 saturated heterocycles. The summed E-state index contributed by atoms with van der Waals surface area (Å²) in [5.41, 5.74) is 0.234. The zero-order valence-electron chi connectivity index (χ0n) is 15.9. The number of rotatable bonds is 5. The lowest BCUT2D eigenvalue weighted by atomic mass is 9.95. The summed E-state index contributed by atoms with van der Waals surface area (Å²) in [5.74, 6) is -1.71. The standard InChI is InChI=1S/C22H15ClN2O6/c23-15-8-6-13(7-9-15)20(26)18-19(14-3-1-4-16(11-14)25(29)30)24(22(28)21(18)27)12-17-5-2-10-31-17/h1-11,19,26H,12H2/b20-18+/t19-/m1/s1. The van der Waals surface area contributed by atoms with Gasteiger partial charge in [0, 0.05) is 22.7 Å². The van der Waals surface area contributed by atoms with E-state index in [1.807, 2.05) is 0 Å². The van der Waals surface area contributed by atoms with E-state index in [2.05, 4.69) is 0 Å². The Kier molecular flexibility index (Phi) is 5.31. The minimum absolute atomic E-state index is 0.0532. The number of likely N-dealkylation sites (tertiary alicyclic amines) is 1. The molecule has 1 aromatic heterocycles. The molecule has 0 aliphatic carbocycles. The van der Waals surface area contributed by atoms with Gasteiger partial charge in [-0.2, -0.15) is 0 Å². The van der Waals surface area contributed by atoms with E-state index in [0.717, 1.165) is 0 Å². The maximum absolute atomic E-state index is 12.9. The van der Waals surface area contributed by atoms with E-state index in [0.29, 0.717) is 16.3 Å². The molecule has 3 aromatic rings.